The Bertz CT molecular complexity index is 1590. The molecule has 0 saturated heterocycles. The van der Waals surface area contributed by atoms with Crippen LogP contribution >= 0.6 is 34.2 Å². The number of carbonyl (C=O) groups is 1. The summed E-state index contributed by atoms with van der Waals surface area (Å²) in [6, 6.07) is 23.3. The molecule has 1 N–H and O–H groups in total. The van der Waals surface area contributed by atoms with E-state index in [1.807, 2.05) is 44.2 Å². The Balaban J connectivity index is 1.61. The fraction of sp³-hybridized carbons (Fsp3) is 0.161. The molecule has 0 fully saturated rings. The van der Waals surface area contributed by atoms with Crippen LogP contribution in [0.5, 0.6) is 11.5 Å². The number of carbonyl (C=O) groups excluding carboxylic acids is 1. The van der Waals surface area contributed by atoms with Gasteiger partial charge in [0, 0.05) is 16.3 Å². The highest BCUT2D eigenvalue weighted by atomic mass is 127. The van der Waals surface area contributed by atoms with Gasteiger partial charge in [-0.15, -0.1) is 0 Å². The number of hydrogen-bond donors (Lipinski definition) is 1. The lowest BCUT2D eigenvalue weighted by molar-refractivity contribution is -0.112. The molecule has 0 bridgehead atoms. The molecule has 0 heterocycles. The van der Waals surface area contributed by atoms with E-state index in [0.717, 1.165) is 31.0 Å². The average Bonchev–Trinajstić information content (AvgIpc) is 2.90. The maximum absolute atomic E-state index is 12.8. The van der Waals surface area contributed by atoms with Gasteiger partial charge in [0.05, 0.1) is 10.2 Å². The molecule has 0 unspecified atom stereocenters. The van der Waals surface area contributed by atoms with Crippen LogP contribution in [0, 0.1) is 28.7 Å². The Hall–Kier alpha value is -3.54. The number of fused-ring (bicyclic) bond motifs is 1. The lowest BCUT2D eigenvalue weighted by Crippen LogP contribution is -2.13. The second-order valence-corrected chi connectivity index (χ2v) is 10.3. The number of nitrogens with one attached hydrogen (secondary N) is 1. The van der Waals surface area contributed by atoms with Gasteiger partial charge in [0.1, 0.15) is 18.2 Å². The first-order valence-corrected chi connectivity index (χ1v) is 13.5. The first-order valence-electron chi connectivity index (χ1n) is 12.1. The summed E-state index contributed by atoms with van der Waals surface area (Å²) in [6.45, 7) is 6.67. The van der Waals surface area contributed by atoms with Crippen LogP contribution in [0.4, 0.5) is 5.69 Å². The lowest BCUT2D eigenvalue weighted by Gasteiger charge is -2.17. The Labute approximate surface area is 241 Å². The summed E-state index contributed by atoms with van der Waals surface area (Å²) in [6.07, 6.45) is 1.54. The number of amides is 1. The average molecular weight is 637 g/mol. The van der Waals surface area contributed by atoms with E-state index in [0.29, 0.717) is 41.0 Å². The van der Waals surface area contributed by atoms with Crippen molar-refractivity contribution >= 4 is 62.6 Å². The van der Waals surface area contributed by atoms with Crippen molar-refractivity contribution in [2.24, 2.45) is 0 Å². The van der Waals surface area contributed by atoms with Crippen molar-refractivity contribution in [3.8, 4) is 17.6 Å². The van der Waals surface area contributed by atoms with Crippen LogP contribution in [0.2, 0.25) is 5.02 Å². The molecule has 7 heteroatoms. The third-order valence-corrected chi connectivity index (χ3v) is 7.28. The maximum atomic E-state index is 12.8. The number of ether oxygens (including phenoxy) is 2. The summed E-state index contributed by atoms with van der Waals surface area (Å²) < 4.78 is 13.0. The number of hydrogen-bond acceptors (Lipinski definition) is 4. The minimum absolute atomic E-state index is 0.0417. The number of nitrogens with zero attached hydrogens (tertiary/aromatic N) is 1. The van der Waals surface area contributed by atoms with Crippen molar-refractivity contribution in [1.82, 2.24) is 0 Å². The number of anilines is 1. The topological polar surface area (TPSA) is 71.3 Å². The van der Waals surface area contributed by atoms with Gasteiger partial charge in [-0.25, -0.2) is 0 Å². The SMILES string of the molecule is CCOc1cc(/C=C(\C#N)C(=O)Nc2ccc(C)c(Cl)c2)cc(I)c1OCc1c(C)ccc2ccccc12. The van der Waals surface area contributed by atoms with E-state index < -0.39 is 5.91 Å². The molecule has 0 aliphatic rings. The Morgan fingerprint density at radius 2 is 1.82 bits per heavy atom. The first-order chi connectivity index (χ1) is 18.3. The summed E-state index contributed by atoms with van der Waals surface area (Å²) in [4.78, 5) is 12.8. The number of halogens is 2. The molecule has 4 aromatic rings. The largest absolute Gasteiger partial charge is 0.490 e. The van der Waals surface area contributed by atoms with Crippen LogP contribution in [0.1, 0.15) is 29.2 Å². The zero-order valence-electron chi connectivity index (χ0n) is 21.3. The van der Waals surface area contributed by atoms with Gasteiger partial charge < -0.3 is 14.8 Å². The molecule has 0 aliphatic heterocycles. The van der Waals surface area contributed by atoms with E-state index in [-0.39, 0.29) is 5.57 Å². The minimum atomic E-state index is -0.521. The smallest absolute Gasteiger partial charge is 0.266 e. The van der Waals surface area contributed by atoms with Crippen LogP contribution in [0.25, 0.3) is 16.8 Å². The van der Waals surface area contributed by atoms with Gasteiger partial charge in [0.2, 0.25) is 0 Å². The van der Waals surface area contributed by atoms with Gasteiger partial charge >= 0.3 is 0 Å². The highest BCUT2D eigenvalue weighted by Gasteiger charge is 2.16. The molecule has 0 atom stereocenters. The minimum Gasteiger partial charge on any atom is -0.490 e. The Kier molecular flexibility index (Phi) is 8.93. The van der Waals surface area contributed by atoms with Crippen molar-refractivity contribution in [2.45, 2.75) is 27.4 Å². The van der Waals surface area contributed by atoms with Gasteiger partial charge in [-0.3, -0.25) is 4.79 Å². The predicted molar refractivity (Wildman–Crippen MR) is 162 cm³/mol. The number of benzene rings is 4. The van der Waals surface area contributed by atoms with Gasteiger partial charge in [0.15, 0.2) is 11.5 Å². The molecule has 5 nitrogen and oxygen atoms in total. The fourth-order valence-corrected chi connectivity index (χ4v) is 5.00. The van der Waals surface area contributed by atoms with Crippen LogP contribution in [-0.2, 0) is 11.4 Å². The van der Waals surface area contributed by atoms with Crippen LogP contribution in [0.3, 0.4) is 0 Å². The normalized spacial score (nSPS) is 11.2. The summed E-state index contributed by atoms with van der Waals surface area (Å²) in [5.41, 5.74) is 4.29. The number of aryl methyl sites for hydroxylation is 2. The van der Waals surface area contributed by atoms with Crippen molar-refractivity contribution in [3.63, 3.8) is 0 Å². The summed E-state index contributed by atoms with van der Waals surface area (Å²) in [5, 5.41) is 15.3. The molecule has 38 heavy (non-hydrogen) atoms. The standard InChI is InChI=1S/C31H26ClIN2O3/c1-4-37-29-15-21(13-23(17-34)31(36)35-24-12-10-20(3)27(32)16-24)14-28(33)30(29)38-18-26-19(2)9-11-22-7-5-6-8-25(22)26/h5-16H,4,18H2,1-3H3,(H,35,36)/b23-13+. The summed E-state index contributed by atoms with van der Waals surface area (Å²) in [7, 11) is 0. The molecule has 0 radical (unpaired) electrons. The van der Waals surface area contributed by atoms with Gasteiger partial charge in [-0.2, -0.15) is 5.26 Å². The Morgan fingerprint density at radius 1 is 1.05 bits per heavy atom. The van der Waals surface area contributed by atoms with E-state index in [2.05, 4.69) is 59.1 Å². The van der Waals surface area contributed by atoms with Gasteiger partial charge in [-0.05, 0) is 101 Å². The zero-order chi connectivity index (χ0) is 27.2. The molecule has 4 aromatic carbocycles. The molecule has 0 aromatic heterocycles. The van der Waals surface area contributed by atoms with E-state index in [4.69, 9.17) is 21.1 Å². The number of nitriles is 1. The van der Waals surface area contributed by atoms with Crippen LogP contribution in [0.15, 0.2) is 72.3 Å². The maximum Gasteiger partial charge on any atom is 0.266 e. The lowest BCUT2D eigenvalue weighted by atomic mass is 10.0. The fourth-order valence-electron chi connectivity index (χ4n) is 4.04. The molecule has 0 aliphatic carbocycles. The molecular formula is C31H26ClIN2O3. The number of rotatable bonds is 8. The molecule has 4 rings (SSSR count). The van der Waals surface area contributed by atoms with Crippen molar-refractivity contribution in [2.75, 3.05) is 11.9 Å². The van der Waals surface area contributed by atoms with Crippen molar-refractivity contribution in [3.05, 3.63) is 103 Å². The molecule has 0 saturated carbocycles. The highest BCUT2D eigenvalue weighted by Crippen LogP contribution is 2.36. The van der Waals surface area contributed by atoms with Crippen LogP contribution in [-0.4, -0.2) is 12.5 Å². The third kappa shape index (κ3) is 6.29. The predicted octanol–water partition coefficient (Wildman–Crippen LogP) is 8.24. The monoisotopic (exact) mass is 636 g/mol. The molecule has 192 valence electrons. The quantitative estimate of drug-likeness (QED) is 0.120. The summed E-state index contributed by atoms with van der Waals surface area (Å²) >= 11 is 8.35. The zero-order valence-corrected chi connectivity index (χ0v) is 24.2. The Morgan fingerprint density at radius 3 is 2.55 bits per heavy atom. The summed E-state index contributed by atoms with van der Waals surface area (Å²) in [5.74, 6) is 0.646. The first kappa shape index (κ1) is 27.5. The van der Waals surface area contributed by atoms with Crippen molar-refractivity contribution in [1.29, 1.82) is 5.26 Å². The molecular weight excluding hydrogens is 611 g/mol. The van der Waals surface area contributed by atoms with Crippen LogP contribution < -0.4 is 14.8 Å². The van der Waals surface area contributed by atoms with E-state index in [9.17, 15) is 10.1 Å². The van der Waals surface area contributed by atoms with E-state index >= 15 is 0 Å². The third-order valence-electron chi connectivity index (χ3n) is 6.07. The second kappa shape index (κ2) is 12.3. The van der Waals surface area contributed by atoms with E-state index in [1.165, 1.54) is 6.08 Å². The van der Waals surface area contributed by atoms with Gasteiger partial charge in [0.25, 0.3) is 5.91 Å². The van der Waals surface area contributed by atoms with Gasteiger partial charge in [-0.1, -0.05) is 54.1 Å². The highest BCUT2D eigenvalue weighted by molar-refractivity contribution is 14.1. The van der Waals surface area contributed by atoms with Crippen molar-refractivity contribution < 1.29 is 14.3 Å². The molecule has 0 spiro atoms. The molecule has 1 amide bonds. The second-order valence-electron chi connectivity index (χ2n) is 8.72. The van der Waals surface area contributed by atoms with E-state index in [1.54, 1.807) is 18.2 Å².